The van der Waals surface area contributed by atoms with Crippen molar-refractivity contribution in [2.75, 3.05) is 51.4 Å². The average molecular weight is 639 g/mol. The topological polar surface area (TPSA) is 108 Å². The van der Waals surface area contributed by atoms with Gasteiger partial charge >= 0.3 is 6.01 Å². The fourth-order valence-electron chi connectivity index (χ4n) is 7.98. The van der Waals surface area contributed by atoms with Crippen molar-refractivity contribution in [2.24, 2.45) is 11.3 Å². The van der Waals surface area contributed by atoms with Gasteiger partial charge in [-0.15, -0.1) is 6.42 Å². The summed E-state index contributed by atoms with van der Waals surface area (Å²) >= 11 is 0. The van der Waals surface area contributed by atoms with Gasteiger partial charge in [-0.25, -0.2) is 8.78 Å². The van der Waals surface area contributed by atoms with E-state index in [1.165, 1.54) is 30.5 Å². The number of halogens is 2. The summed E-state index contributed by atoms with van der Waals surface area (Å²) in [5, 5.41) is 21.0. The van der Waals surface area contributed by atoms with Crippen LogP contribution < -0.4 is 9.64 Å². The van der Waals surface area contributed by atoms with E-state index in [1.807, 2.05) is 4.90 Å². The summed E-state index contributed by atoms with van der Waals surface area (Å²) in [7, 11) is 2.17. The van der Waals surface area contributed by atoms with E-state index in [0.717, 1.165) is 38.6 Å². The Balaban J connectivity index is 1.38. The SMILES string of the molecule is C#Cc1c(F)ccc2cc(O)cc(-c3ncc4c(N5CCOCC(CC#N)C5)nc(OC[C@]56CCC[C@H]5N(C)CCC6)nc4c3F)c12. The molecule has 0 spiro atoms. The highest BCUT2D eigenvalue weighted by Gasteiger charge is 2.47. The molecule has 1 unspecified atom stereocenters. The zero-order chi connectivity index (χ0) is 32.7. The lowest BCUT2D eigenvalue weighted by Gasteiger charge is -2.44. The number of piperidine rings is 1. The second-order valence-corrected chi connectivity index (χ2v) is 13.1. The molecule has 2 saturated heterocycles. The minimum Gasteiger partial charge on any atom is -0.508 e. The molecule has 11 heteroatoms. The number of rotatable bonds is 6. The lowest BCUT2D eigenvalue weighted by molar-refractivity contribution is 0.0133. The summed E-state index contributed by atoms with van der Waals surface area (Å²) in [6, 6.07) is 8.17. The van der Waals surface area contributed by atoms with Gasteiger partial charge in [-0.3, -0.25) is 4.98 Å². The zero-order valence-electron chi connectivity index (χ0n) is 26.3. The number of pyridine rings is 1. The largest absolute Gasteiger partial charge is 0.508 e. The van der Waals surface area contributed by atoms with Crippen molar-refractivity contribution in [2.45, 2.75) is 44.6 Å². The van der Waals surface area contributed by atoms with Crippen LogP contribution in [-0.2, 0) is 4.74 Å². The Morgan fingerprint density at radius 2 is 2.04 bits per heavy atom. The van der Waals surface area contributed by atoms with Crippen LogP contribution in [0.3, 0.4) is 0 Å². The number of anilines is 1. The molecule has 9 nitrogen and oxygen atoms in total. The lowest BCUT2D eigenvalue weighted by atomic mass is 9.76. The summed E-state index contributed by atoms with van der Waals surface area (Å²) in [5.41, 5.74) is -0.0982. The molecule has 1 aliphatic carbocycles. The molecule has 1 N–H and O–H groups in total. The van der Waals surface area contributed by atoms with Crippen molar-refractivity contribution in [3.8, 4) is 41.4 Å². The van der Waals surface area contributed by atoms with Crippen LogP contribution in [0.4, 0.5) is 14.6 Å². The number of hydrogen-bond acceptors (Lipinski definition) is 9. The Labute approximate surface area is 272 Å². The monoisotopic (exact) mass is 638 g/mol. The second kappa shape index (κ2) is 12.6. The molecule has 3 atom stereocenters. The van der Waals surface area contributed by atoms with E-state index in [9.17, 15) is 14.8 Å². The fourth-order valence-corrected chi connectivity index (χ4v) is 7.98. The van der Waals surface area contributed by atoms with Gasteiger partial charge in [-0.2, -0.15) is 15.2 Å². The number of phenols is 1. The average Bonchev–Trinajstić information content (AvgIpc) is 3.37. The smallest absolute Gasteiger partial charge is 0.319 e. The summed E-state index contributed by atoms with van der Waals surface area (Å²) in [6.45, 7) is 3.25. The number of hydrogen-bond donors (Lipinski definition) is 1. The first-order valence-electron chi connectivity index (χ1n) is 16.1. The van der Waals surface area contributed by atoms with Gasteiger partial charge in [0.25, 0.3) is 0 Å². The molecular formula is C36H36F2N6O3. The van der Waals surface area contributed by atoms with Crippen LogP contribution in [0.2, 0.25) is 0 Å². The van der Waals surface area contributed by atoms with Crippen molar-refractivity contribution >= 4 is 27.5 Å². The lowest BCUT2D eigenvalue weighted by Crippen LogP contribution is -2.50. The number of benzene rings is 2. The third kappa shape index (κ3) is 5.58. The first-order chi connectivity index (χ1) is 22.8. The van der Waals surface area contributed by atoms with Crippen LogP contribution >= 0.6 is 0 Å². The Morgan fingerprint density at radius 3 is 2.87 bits per heavy atom. The van der Waals surface area contributed by atoms with E-state index in [1.54, 1.807) is 0 Å². The molecule has 47 heavy (non-hydrogen) atoms. The fraction of sp³-hybridized carbons (Fsp3) is 0.444. The third-order valence-corrected chi connectivity index (χ3v) is 10.2. The highest BCUT2D eigenvalue weighted by molar-refractivity contribution is 6.03. The van der Waals surface area contributed by atoms with E-state index in [4.69, 9.17) is 20.9 Å². The van der Waals surface area contributed by atoms with Gasteiger partial charge in [0.05, 0.1) is 36.8 Å². The molecule has 7 rings (SSSR count). The van der Waals surface area contributed by atoms with Crippen molar-refractivity contribution in [1.82, 2.24) is 19.9 Å². The first kappa shape index (κ1) is 31.0. The zero-order valence-corrected chi connectivity index (χ0v) is 26.3. The highest BCUT2D eigenvalue weighted by Crippen LogP contribution is 2.47. The number of phenolic OH excluding ortho intramolecular Hbond substituents is 1. The van der Waals surface area contributed by atoms with Gasteiger partial charge in [-0.05, 0) is 62.9 Å². The molecule has 2 aliphatic heterocycles. The van der Waals surface area contributed by atoms with Gasteiger partial charge in [0.1, 0.15) is 28.6 Å². The number of nitrogens with zero attached hydrogens (tertiary/aromatic N) is 6. The molecule has 4 heterocycles. The van der Waals surface area contributed by atoms with E-state index in [2.05, 4.69) is 33.9 Å². The molecule has 0 amide bonds. The second-order valence-electron chi connectivity index (χ2n) is 13.1. The maximum Gasteiger partial charge on any atom is 0.319 e. The highest BCUT2D eigenvalue weighted by atomic mass is 19.1. The van der Waals surface area contributed by atoms with Gasteiger partial charge in [0.2, 0.25) is 0 Å². The molecule has 3 fully saturated rings. The third-order valence-electron chi connectivity index (χ3n) is 10.2. The maximum absolute atomic E-state index is 16.9. The summed E-state index contributed by atoms with van der Waals surface area (Å²) in [4.78, 5) is 18.4. The molecule has 3 aliphatic rings. The molecule has 2 aromatic heterocycles. The molecule has 1 saturated carbocycles. The molecule has 242 valence electrons. The Morgan fingerprint density at radius 1 is 1.19 bits per heavy atom. The minimum absolute atomic E-state index is 0.0200. The van der Waals surface area contributed by atoms with Crippen LogP contribution in [0, 0.1) is 46.6 Å². The molecule has 4 aromatic rings. The normalized spacial score (nSPS) is 23.3. The van der Waals surface area contributed by atoms with E-state index < -0.39 is 11.6 Å². The van der Waals surface area contributed by atoms with Crippen molar-refractivity contribution in [3.63, 3.8) is 0 Å². The number of nitriles is 1. The predicted molar refractivity (Wildman–Crippen MR) is 174 cm³/mol. The quantitative estimate of drug-likeness (QED) is 0.262. The van der Waals surface area contributed by atoms with Gasteiger partial charge < -0.3 is 24.4 Å². The van der Waals surface area contributed by atoms with Crippen LogP contribution in [0.5, 0.6) is 11.8 Å². The van der Waals surface area contributed by atoms with Crippen LogP contribution in [0.15, 0.2) is 30.5 Å². The number of terminal acetylenes is 1. The van der Waals surface area contributed by atoms with Crippen LogP contribution in [0.25, 0.3) is 32.9 Å². The molecule has 0 radical (unpaired) electrons. The summed E-state index contributed by atoms with van der Waals surface area (Å²) in [6.07, 6.45) is 12.9. The minimum atomic E-state index is -0.774. The molecule has 2 aromatic carbocycles. The standard InChI is InChI=1S/C36H36F2N6O3/c1-3-25-28(37)8-7-23-16-24(45)17-26(30(23)25)32-31(38)33-27(18-40-32)34(44-14-15-46-20-22(19-44)9-12-39)42-35(41-33)47-21-36-10-4-6-29(36)43(2)13-5-11-36/h1,7-8,16-18,22,29,45H,4-6,9-11,13-15,19-21H2,2H3/t22?,29-,36-/m1/s1. The van der Waals surface area contributed by atoms with Crippen molar-refractivity contribution < 1.29 is 23.4 Å². The Bertz CT molecular complexity index is 1940. The number of fused-ring (bicyclic) bond motifs is 3. The van der Waals surface area contributed by atoms with Gasteiger partial charge in [-0.1, -0.05) is 18.4 Å². The molecule has 0 bridgehead atoms. The van der Waals surface area contributed by atoms with Crippen LogP contribution in [0.1, 0.15) is 44.1 Å². The number of aromatic nitrogens is 3. The number of aromatic hydroxyl groups is 1. The number of likely N-dealkylation sites (tertiary alicyclic amines) is 1. The summed E-state index contributed by atoms with van der Waals surface area (Å²) < 4.78 is 44.0. The maximum atomic E-state index is 16.9. The van der Waals surface area contributed by atoms with E-state index in [-0.39, 0.29) is 50.8 Å². The summed E-state index contributed by atoms with van der Waals surface area (Å²) in [5.74, 6) is 1.19. The first-order valence-corrected chi connectivity index (χ1v) is 16.1. The number of ether oxygens (including phenoxy) is 2. The van der Waals surface area contributed by atoms with E-state index >= 15 is 4.39 Å². The molecular weight excluding hydrogens is 602 g/mol. The van der Waals surface area contributed by atoms with Crippen molar-refractivity contribution in [1.29, 1.82) is 5.26 Å². The van der Waals surface area contributed by atoms with Gasteiger partial charge in [0, 0.05) is 54.0 Å². The predicted octanol–water partition coefficient (Wildman–Crippen LogP) is 5.82. The van der Waals surface area contributed by atoms with E-state index in [0.29, 0.717) is 62.0 Å². The van der Waals surface area contributed by atoms with Crippen molar-refractivity contribution in [3.05, 3.63) is 47.7 Å². The Hall–Kier alpha value is -4.58. The van der Waals surface area contributed by atoms with Crippen LogP contribution in [-0.4, -0.2) is 77.5 Å². The Kier molecular flexibility index (Phi) is 8.29. The van der Waals surface area contributed by atoms with Gasteiger partial charge in [0.15, 0.2) is 5.82 Å².